The Bertz CT molecular complexity index is 1400. The van der Waals surface area contributed by atoms with Gasteiger partial charge >= 0.3 is 12.0 Å². The summed E-state index contributed by atoms with van der Waals surface area (Å²) >= 11 is 0. The molecular formula is C36H55N7O6. The van der Waals surface area contributed by atoms with Crippen molar-refractivity contribution in [2.45, 2.75) is 90.7 Å². The largest absolute Gasteiger partial charge is 0.481 e. The third kappa shape index (κ3) is 10.8. The van der Waals surface area contributed by atoms with Crippen molar-refractivity contribution >= 4 is 23.7 Å². The second-order valence-corrected chi connectivity index (χ2v) is 13.9. The number of carboxylic acids is 1. The number of hydrogen-bond donors (Lipinski definition) is 4. The summed E-state index contributed by atoms with van der Waals surface area (Å²) in [6, 6.07) is 6.85. The number of carbonyl (C=O) groups excluding carboxylic acids is 2. The Balaban J connectivity index is 1.21. The third-order valence-corrected chi connectivity index (χ3v) is 9.50. The van der Waals surface area contributed by atoms with Gasteiger partial charge in [0.2, 0.25) is 11.8 Å². The van der Waals surface area contributed by atoms with E-state index in [4.69, 9.17) is 20.2 Å². The van der Waals surface area contributed by atoms with Gasteiger partial charge in [0.25, 0.3) is 0 Å². The van der Waals surface area contributed by atoms with E-state index in [1.807, 2.05) is 20.8 Å². The van der Waals surface area contributed by atoms with Crippen molar-refractivity contribution in [2.24, 2.45) is 11.1 Å². The highest BCUT2D eigenvalue weighted by molar-refractivity contribution is 5.82. The molecule has 4 rings (SSSR count). The SMILES string of the molecule is CCC(C)(CCN)OCC(C)(C)C(=O)NCCCOc1ccc([C@H](CC(=O)O)N2CCN(CCCc3ccc4c(n3)NCCC4)C2=O)cn1. The lowest BCUT2D eigenvalue weighted by atomic mass is 9.92. The second-order valence-electron chi connectivity index (χ2n) is 13.9. The number of anilines is 1. The molecule has 2 aliphatic heterocycles. The molecule has 49 heavy (non-hydrogen) atoms. The number of fused-ring (bicyclic) bond motifs is 1. The molecule has 3 amide bonds. The van der Waals surface area contributed by atoms with Crippen LogP contribution in [0.25, 0.3) is 0 Å². The Morgan fingerprint density at radius 3 is 2.69 bits per heavy atom. The summed E-state index contributed by atoms with van der Waals surface area (Å²) < 4.78 is 11.9. The minimum absolute atomic E-state index is 0.0929. The number of aromatic nitrogens is 2. The van der Waals surface area contributed by atoms with Crippen LogP contribution in [-0.2, 0) is 27.2 Å². The lowest BCUT2D eigenvalue weighted by Crippen LogP contribution is -2.43. The van der Waals surface area contributed by atoms with E-state index >= 15 is 0 Å². The minimum atomic E-state index is -0.990. The van der Waals surface area contributed by atoms with Gasteiger partial charge in [0.15, 0.2) is 0 Å². The summed E-state index contributed by atoms with van der Waals surface area (Å²) in [7, 11) is 0. The molecule has 1 fully saturated rings. The molecule has 2 aliphatic rings. The van der Waals surface area contributed by atoms with E-state index in [0.717, 1.165) is 56.6 Å². The number of carbonyl (C=O) groups is 3. The number of carboxylic acid groups (broad SMARTS) is 1. The van der Waals surface area contributed by atoms with Gasteiger partial charge in [0.05, 0.1) is 36.7 Å². The van der Waals surface area contributed by atoms with Crippen LogP contribution in [0.2, 0.25) is 0 Å². The number of pyridine rings is 2. The highest BCUT2D eigenvalue weighted by Crippen LogP contribution is 2.29. The van der Waals surface area contributed by atoms with Crippen LogP contribution in [-0.4, -0.2) is 101 Å². The fourth-order valence-corrected chi connectivity index (χ4v) is 6.07. The number of nitrogens with one attached hydrogen (secondary N) is 2. The molecule has 1 unspecified atom stereocenters. The number of aryl methyl sites for hydroxylation is 2. The molecular weight excluding hydrogens is 626 g/mol. The normalized spacial score (nSPS) is 16.5. The zero-order valence-corrected chi connectivity index (χ0v) is 29.6. The van der Waals surface area contributed by atoms with Crippen LogP contribution in [0.1, 0.15) is 89.1 Å². The molecule has 2 aromatic heterocycles. The van der Waals surface area contributed by atoms with Crippen molar-refractivity contribution in [3.05, 3.63) is 47.3 Å². The van der Waals surface area contributed by atoms with Crippen LogP contribution >= 0.6 is 0 Å². The number of nitrogens with two attached hydrogens (primary N) is 1. The first-order valence-electron chi connectivity index (χ1n) is 17.7. The van der Waals surface area contributed by atoms with E-state index in [2.05, 4.69) is 34.7 Å². The van der Waals surface area contributed by atoms with E-state index in [1.54, 1.807) is 28.1 Å². The summed E-state index contributed by atoms with van der Waals surface area (Å²) in [4.78, 5) is 50.5. The van der Waals surface area contributed by atoms with Crippen LogP contribution in [0.4, 0.5) is 10.6 Å². The van der Waals surface area contributed by atoms with Gasteiger partial charge < -0.3 is 40.7 Å². The zero-order chi connectivity index (χ0) is 35.4. The average Bonchev–Trinajstić information content (AvgIpc) is 3.45. The van der Waals surface area contributed by atoms with Crippen molar-refractivity contribution < 1.29 is 29.0 Å². The Morgan fingerprint density at radius 1 is 1.16 bits per heavy atom. The fourth-order valence-electron chi connectivity index (χ4n) is 6.07. The number of ether oxygens (including phenoxy) is 2. The van der Waals surface area contributed by atoms with Crippen LogP contribution < -0.4 is 21.1 Å². The standard InChI is InChI=1S/C36H55N7O6/c1-5-36(4,15-16-37)49-25-35(2,3)33(46)39-18-8-22-48-30-14-12-27(24-40-30)29(23-31(44)45)43-21-20-42(34(43)47)19-7-10-28-13-11-26-9-6-17-38-32(26)41-28/h11-14,24,29H,5-10,15-23,25,37H2,1-4H3,(H,38,41)(H,39,46)(H,44,45)/t29-,36?/m0/s1. The van der Waals surface area contributed by atoms with E-state index in [0.29, 0.717) is 63.8 Å². The molecule has 2 aromatic rings. The van der Waals surface area contributed by atoms with Gasteiger partial charge in [-0.05, 0) is 89.5 Å². The number of aliphatic carboxylic acids is 1. The first-order valence-corrected chi connectivity index (χ1v) is 17.7. The first kappa shape index (κ1) is 37.8. The summed E-state index contributed by atoms with van der Waals surface area (Å²) in [5.74, 6) is 0.273. The molecule has 0 aromatic carbocycles. The van der Waals surface area contributed by atoms with E-state index in [1.165, 1.54) is 5.56 Å². The number of rotatable bonds is 20. The number of hydrogen-bond acceptors (Lipinski definition) is 9. The molecule has 2 atom stereocenters. The summed E-state index contributed by atoms with van der Waals surface area (Å²) in [5, 5.41) is 16.0. The van der Waals surface area contributed by atoms with Gasteiger partial charge in [-0.15, -0.1) is 0 Å². The Labute approximate surface area is 290 Å². The minimum Gasteiger partial charge on any atom is -0.481 e. The third-order valence-electron chi connectivity index (χ3n) is 9.50. The number of nitrogens with zero attached hydrogens (tertiary/aromatic N) is 4. The molecule has 5 N–H and O–H groups in total. The summed E-state index contributed by atoms with van der Waals surface area (Å²) in [6.45, 7) is 11.9. The Kier molecular flexibility index (Phi) is 13.6. The Hall–Kier alpha value is -3.97. The van der Waals surface area contributed by atoms with Gasteiger partial charge in [0, 0.05) is 50.7 Å². The van der Waals surface area contributed by atoms with E-state index < -0.39 is 17.4 Å². The molecule has 13 nitrogen and oxygen atoms in total. The van der Waals surface area contributed by atoms with Gasteiger partial charge in [-0.1, -0.05) is 19.1 Å². The molecule has 0 bridgehead atoms. The molecule has 0 saturated carbocycles. The summed E-state index contributed by atoms with van der Waals surface area (Å²) in [6.07, 6.45) is 7.17. The van der Waals surface area contributed by atoms with Crippen LogP contribution in [0.15, 0.2) is 30.5 Å². The molecule has 0 aliphatic carbocycles. The predicted octanol–water partition coefficient (Wildman–Crippen LogP) is 4.17. The maximum absolute atomic E-state index is 13.4. The van der Waals surface area contributed by atoms with E-state index in [-0.39, 0.29) is 24.0 Å². The fraction of sp³-hybridized carbons (Fsp3) is 0.639. The van der Waals surface area contributed by atoms with Gasteiger partial charge in [-0.3, -0.25) is 9.59 Å². The average molecular weight is 682 g/mol. The molecule has 13 heteroatoms. The lowest BCUT2D eigenvalue weighted by molar-refractivity contribution is -0.139. The monoisotopic (exact) mass is 681 g/mol. The highest BCUT2D eigenvalue weighted by Gasteiger charge is 2.36. The highest BCUT2D eigenvalue weighted by atomic mass is 16.5. The molecule has 270 valence electrons. The van der Waals surface area contributed by atoms with Gasteiger partial charge in [-0.2, -0.15) is 0 Å². The molecule has 0 radical (unpaired) electrons. The predicted molar refractivity (Wildman–Crippen MR) is 187 cm³/mol. The van der Waals surface area contributed by atoms with Gasteiger partial charge in [-0.25, -0.2) is 14.8 Å². The molecule has 0 spiro atoms. The smallest absolute Gasteiger partial charge is 0.320 e. The van der Waals surface area contributed by atoms with Gasteiger partial charge in [0.1, 0.15) is 5.82 Å². The van der Waals surface area contributed by atoms with Crippen molar-refractivity contribution in [3.8, 4) is 5.88 Å². The lowest BCUT2D eigenvalue weighted by Gasteiger charge is -2.33. The Morgan fingerprint density at radius 2 is 1.98 bits per heavy atom. The van der Waals surface area contributed by atoms with Crippen molar-refractivity contribution in [1.29, 1.82) is 0 Å². The van der Waals surface area contributed by atoms with Crippen molar-refractivity contribution in [3.63, 3.8) is 0 Å². The maximum atomic E-state index is 13.4. The first-order chi connectivity index (χ1) is 23.4. The van der Waals surface area contributed by atoms with Crippen molar-refractivity contribution in [1.82, 2.24) is 25.1 Å². The molecule has 4 heterocycles. The zero-order valence-electron chi connectivity index (χ0n) is 29.6. The molecule has 1 saturated heterocycles. The summed E-state index contributed by atoms with van der Waals surface area (Å²) in [5.41, 5.74) is 7.57. The number of amides is 3. The second kappa shape index (κ2) is 17.6. The quantitative estimate of drug-likeness (QED) is 0.149. The van der Waals surface area contributed by atoms with Crippen molar-refractivity contribution in [2.75, 3.05) is 57.8 Å². The van der Waals surface area contributed by atoms with Crippen LogP contribution in [0.3, 0.4) is 0 Å². The maximum Gasteiger partial charge on any atom is 0.320 e. The van der Waals surface area contributed by atoms with Crippen LogP contribution in [0, 0.1) is 5.41 Å². The van der Waals surface area contributed by atoms with E-state index in [9.17, 15) is 19.5 Å². The van der Waals surface area contributed by atoms with Crippen LogP contribution in [0.5, 0.6) is 5.88 Å². The number of urea groups is 1. The topological polar surface area (TPSA) is 172 Å².